The summed E-state index contributed by atoms with van der Waals surface area (Å²) in [6.45, 7) is -0.250. The molecule has 9 nitrogen and oxygen atoms in total. The van der Waals surface area contributed by atoms with Gasteiger partial charge in [0.1, 0.15) is 5.75 Å². The molecule has 5 N–H and O–H groups in total. The Bertz CT molecular complexity index is 1410. The number of carboxylic acid groups (broad SMARTS) is 1. The second kappa shape index (κ2) is 9.79. The molecule has 0 aliphatic heterocycles. The van der Waals surface area contributed by atoms with Gasteiger partial charge in [-0.1, -0.05) is 18.2 Å². The zero-order chi connectivity index (χ0) is 24.0. The Hall–Kier alpha value is -4.44. The van der Waals surface area contributed by atoms with Gasteiger partial charge in [-0.25, -0.2) is 8.42 Å². The van der Waals surface area contributed by atoms with Crippen LogP contribution < -0.4 is 11.1 Å². The highest BCUT2D eigenvalue weighted by molar-refractivity contribution is 7.91. The number of aromatic hydroxyl groups is 1. The summed E-state index contributed by atoms with van der Waals surface area (Å²) >= 11 is 0. The number of pyridine rings is 1. The van der Waals surface area contributed by atoms with Gasteiger partial charge in [0.2, 0.25) is 9.84 Å². The van der Waals surface area contributed by atoms with Crippen molar-refractivity contribution in [2.75, 3.05) is 5.32 Å². The molecular weight excluding hydrogens is 446 g/mol. The third-order valence-corrected chi connectivity index (χ3v) is 6.37. The van der Waals surface area contributed by atoms with Crippen molar-refractivity contribution in [3.63, 3.8) is 0 Å². The van der Waals surface area contributed by atoms with Crippen molar-refractivity contribution >= 4 is 44.5 Å². The summed E-state index contributed by atoms with van der Waals surface area (Å²) in [5.74, 6) is -0.617. The Morgan fingerprint density at radius 2 is 1.61 bits per heavy atom. The van der Waals surface area contributed by atoms with Gasteiger partial charge in [-0.3, -0.25) is 14.6 Å². The number of nitrogens with two attached hydrogens (primary N) is 1. The summed E-state index contributed by atoms with van der Waals surface area (Å²) in [7, 11) is -3.76. The largest absolute Gasteiger partial charge is 0.508 e. The number of primary amides is 1. The maximum absolute atomic E-state index is 13.0. The Labute approximate surface area is 189 Å². The fourth-order valence-electron chi connectivity index (χ4n) is 3.09. The second-order valence-electron chi connectivity index (χ2n) is 6.68. The van der Waals surface area contributed by atoms with E-state index in [1.807, 2.05) is 0 Å². The number of amides is 1. The zero-order valence-electron chi connectivity index (χ0n) is 17.0. The number of rotatable bonds is 5. The van der Waals surface area contributed by atoms with Crippen LogP contribution in [-0.2, 0) is 14.6 Å². The van der Waals surface area contributed by atoms with Crippen molar-refractivity contribution in [3.8, 4) is 5.75 Å². The number of anilines is 2. The molecule has 0 radical (unpaired) electrons. The number of phenols is 1. The molecule has 33 heavy (non-hydrogen) atoms. The van der Waals surface area contributed by atoms with Gasteiger partial charge < -0.3 is 21.3 Å². The number of hydrogen-bond acceptors (Lipinski definition) is 7. The number of nitrogens with zero attached hydrogens (tertiary/aromatic N) is 1. The SMILES string of the molecule is NC(=O)c1cnc2ccc(S(=O)(=O)c3ccccc3)cc2c1Nc1ccc(O)cc1.O=CO. The molecule has 0 fully saturated rings. The lowest BCUT2D eigenvalue weighted by Gasteiger charge is -2.14. The van der Waals surface area contributed by atoms with Gasteiger partial charge in [-0.15, -0.1) is 0 Å². The van der Waals surface area contributed by atoms with E-state index in [2.05, 4.69) is 10.3 Å². The van der Waals surface area contributed by atoms with Crippen molar-refractivity contribution in [2.24, 2.45) is 5.73 Å². The van der Waals surface area contributed by atoms with Gasteiger partial charge in [0.15, 0.2) is 0 Å². The lowest BCUT2D eigenvalue weighted by atomic mass is 10.1. The van der Waals surface area contributed by atoms with Gasteiger partial charge in [0, 0.05) is 17.3 Å². The first-order valence-electron chi connectivity index (χ1n) is 9.44. The van der Waals surface area contributed by atoms with Crippen molar-refractivity contribution in [1.29, 1.82) is 0 Å². The summed E-state index contributed by atoms with van der Waals surface area (Å²) in [5, 5.41) is 19.9. The lowest BCUT2D eigenvalue weighted by molar-refractivity contribution is -0.122. The fourth-order valence-corrected chi connectivity index (χ4v) is 4.39. The molecule has 168 valence electrons. The summed E-state index contributed by atoms with van der Waals surface area (Å²) < 4.78 is 26.1. The predicted molar refractivity (Wildman–Crippen MR) is 122 cm³/mol. The number of sulfone groups is 1. The Morgan fingerprint density at radius 3 is 2.21 bits per heavy atom. The van der Waals surface area contributed by atoms with Crippen molar-refractivity contribution in [3.05, 3.63) is 84.6 Å². The normalized spacial score (nSPS) is 10.7. The van der Waals surface area contributed by atoms with E-state index in [0.717, 1.165) is 0 Å². The molecule has 0 aliphatic carbocycles. The van der Waals surface area contributed by atoms with Crippen LogP contribution in [-0.4, -0.2) is 36.0 Å². The van der Waals surface area contributed by atoms with E-state index < -0.39 is 15.7 Å². The number of benzene rings is 3. The van der Waals surface area contributed by atoms with Crippen molar-refractivity contribution in [2.45, 2.75) is 9.79 Å². The molecule has 1 heterocycles. The molecule has 1 amide bonds. The molecule has 1 aromatic heterocycles. The highest BCUT2D eigenvalue weighted by Gasteiger charge is 2.20. The van der Waals surface area contributed by atoms with Crippen LogP contribution >= 0.6 is 0 Å². The van der Waals surface area contributed by atoms with E-state index in [-0.39, 0.29) is 27.6 Å². The van der Waals surface area contributed by atoms with Crippen molar-refractivity contribution in [1.82, 2.24) is 4.98 Å². The number of hydrogen-bond donors (Lipinski definition) is 4. The minimum Gasteiger partial charge on any atom is -0.508 e. The summed E-state index contributed by atoms with van der Waals surface area (Å²) in [6.07, 6.45) is 1.35. The van der Waals surface area contributed by atoms with Crippen LogP contribution in [0.5, 0.6) is 5.75 Å². The van der Waals surface area contributed by atoms with Crippen LogP contribution in [0.15, 0.2) is 88.8 Å². The van der Waals surface area contributed by atoms with Gasteiger partial charge in [0.25, 0.3) is 12.4 Å². The number of nitrogens with one attached hydrogen (secondary N) is 1. The summed E-state index contributed by atoms with van der Waals surface area (Å²) in [6, 6.07) is 18.8. The highest BCUT2D eigenvalue weighted by Crippen LogP contribution is 2.32. The van der Waals surface area contributed by atoms with E-state index in [0.29, 0.717) is 22.3 Å². The van der Waals surface area contributed by atoms with Crippen LogP contribution in [0.2, 0.25) is 0 Å². The molecule has 0 atom stereocenters. The van der Waals surface area contributed by atoms with Gasteiger partial charge in [-0.2, -0.15) is 0 Å². The lowest BCUT2D eigenvalue weighted by Crippen LogP contribution is -2.14. The minimum atomic E-state index is -3.76. The summed E-state index contributed by atoms with van der Waals surface area (Å²) in [5.41, 5.74) is 7.05. The third-order valence-electron chi connectivity index (χ3n) is 4.61. The highest BCUT2D eigenvalue weighted by atomic mass is 32.2. The standard InChI is InChI=1S/C22H17N3O4S.CH2O2/c23-22(27)19-13-24-20-11-10-17(30(28,29)16-4-2-1-3-5-16)12-18(20)21(19)25-14-6-8-15(26)9-7-14;2-1-3/h1-13,26H,(H2,23,27)(H,24,25);1H,(H,2,3). The van der Waals surface area contributed by atoms with E-state index in [4.69, 9.17) is 15.6 Å². The smallest absolute Gasteiger partial charge is 0.290 e. The maximum Gasteiger partial charge on any atom is 0.290 e. The van der Waals surface area contributed by atoms with Crippen molar-refractivity contribution < 1.29 is 28.2 Å². The molecule has 0 aliphatic rings. The Morgan fingerprint density at radius 1 is 0.970 bits per heavy atom. The van der Waals surface area contributed by atoms with Gasteiger partial charge in [0.05, 0.1) is 26.6 Å². The van der Waals surface area contributed by atoms with Crippen LogP contribution in [0, 0.1) is 0 Å². The Balaban J connectivity index is 0.000000968. The molecule has 0 bridgehead atoms. The Kier molecular flexibility index (Phi) is 6.89. The third kappa shape index (κ3) is 5.08. The van der Waals surface area contributed by atoms with E-state index in [1.54, 1.807) is 36.4 Å². The van der Waals surface area contributed by atoms with Crippen LogP contribution in [0.25, 0.3) is 10.9 Å². The van der Waals surface area contributed by atoms with E-state index >= 15 is 0 Å². The number of phenolic OH excluding ortho intramolecular Hbond substituents is 1. The monoisotopic (exact) mass is 465 g/mol. The topological polar surface area (TPSA) is 160 Å². The van der Waals surface area contributed by atoms with E-state index in [9.17, 15) is 18.3 Å². The van der Waals surface area contributed by atoms with Gasteiger partial charge >= 0.3 is 0 Å². The van der Waals surface area contributed by atoms with Gasteiger partial charge in [-0.05, 0) is 54.6 Å². The average Bonchev–Trinajstić information content (AvgIpc) is 2.81. The predicted octanol–water partition coefficient (Wildman–Crippen LogP) is 3.32. The van der Waals surface area contributed by atoms with E-state index in [1.165, 1.54) is 42.6 Å². The summed E-state index contributed by atoms with van der Waals surface area (Å²) in [4.78, 5) is 24.8. The molecule has 4 aromatic rings. The molecular formula is C23H19N3O6S. The first kappa shape index (κ1) is 23.2. The average molecular weight is 465 g/mol. The molecule has 0 saturated heterocycles. The fraction of sp³-hybridized carbons (Fsp3) is 0. The number of carbonyl (C=O) groups excluding carboxylic acids is 1. The minimum absolute atomic E-state index is 0.0679. The quantitative estimate of drug-likeness (QED) is 0.258. The second-order valence-corrected chi connectivity index (χ2v) is 8.63. The molecule has 0 saturated carbocycles. The molecule has 3 aromatic carbocycles. The maximum atomic E-state index is 13.0. The molecule has 0 unspecified atom stereocenters. The molecule has 10 heteroatoms. The first-order chi connectivity index (χ1) is 15.8. The number of aromatic nitrogens is 1. The van der Waals surface area contributed by atoms with Crippen LogP contribution in [0.4, 0.5) is 11.4 Å². The van der Waals surface area contributed by atoms with Crippen LogP contribution in [0.3, 0.4) is 0 Å². The van der Waals surface area contributed by atoms with Crippen LogP contribution in [0.1, 0.15) is 10.4 Å². The first-order valence-corrected chi connectivity index (χ1v) is 10.9. The number of carbonyl (C=O) groups is 2. The number of fused-ring (bicyclic) bond motifs is 1. The zero-order valence-corrected chi connectivity index (χ0v) is 17.9. The molecule has 0 spiro atoms. The molecule has 4 rings (SSSR count).